The molecular weight excluding hydrogens is 206 g/mol. The van der Waals surface area contributed by atoms with Gasteiger partial charge < -0.3 is 4.90 Å². The van der Waals surface area contributed by atoms with Crippen molar-refractivity contribution in [3.05, 3.63) is 35.4 Å². The van der Waals surface area contributed by atoms with E-state index in [9.17, 15) is 0 Å². The molecule has 1 saturated carbocycles. The highest BCUT2D eigenvalue weighted by atomic mass is 15.1. The Morgan fingerprint density at radius 3 is 2.24 bits per heavy atom. The molecule has 0 bridgehead atoms. The zero-order valence-electron chi connectivity index (χ0n) is 11.5. The molecular formula is C16H25N. The van der Waals surface area contributed by atoms with E-state index in [1.807, 2.05) is 0 Å². The zero-order chi connectivity index (χ0) is 12.3. The fourth-order valence-corrected chi connectivity index (χ4v) is 3.13. The summed E-state index contributed by atoms with van der Waals surface area (Å²) in [6.07, 6.45) is 5.51. The van der Waals surface area contributed by atoms with Crippen LogP contribution in [0, 0.1) is 6.92 Å². The molecule has 94 valence electrons. The van der Waals surface area contributed by atoms with Crippen LogP contribution in [0.2, 0.25) is 0 Å². The Hall–Kier alpha value is -0.820. The molecule has 17 heavy (non-hydrogen) atoms. The Bertz CT molecular complexity index is 346. The summed E-state index contributed by atoms with van der Waals surface area (Å²) in [6, 6.07) is 9.23. The maximum Gasteiger partial charge on any atom is 0.00801 e. The van der Waals surface area contributed by atoms with E-state index in [0.717, 1.165) is 6.54 Å². The van der Waals surface area contributed by atoms with Gasteiger partial charge in [-0.2, -0.15) is 0 Å². The van der Waals surface area contributed by atoms with Crippen molar-refractivity contribution < 1.29 is 0 Å². The number of likely N-dealkylation sites (N-methyl/N-ethyl adjacent to an activating group) is 1. The van der Waals surface area contributed by atoms with Gasteiger partial charge in [0, 0.05) is 12.0 Å². The summed E-state index contributed by atoms with van der Waals surface area (Å²) in [4.78, 5) is 2.46. The van der Waals surface area contributed by atoms with Crippen LogP contribution < -0.4 is 0 Å². The molecule has 0 N–H and O–H groups in total. The molecule has 1 aliphatic rings. The van der Waals surface area contributed by atoms with E-state index in [0.29, 0.717) is 5.41 Å². The lowest BCUT2D eigenvalue weighted by Gasteiger charge is -2.34. The van der Waals surface area contributed by atoms with Gasteiger partial charge in [0.1, 0.15) is 0 Å². The molecule has 1 aromatic rings. The monoisotopic (exact) mass is 231 g/mol. The number of benzene rings is 1. The summed E-state index contributed by atoms with van der Waals surface area (Å²) in [5.74, 6) is 0. The van der Waals surface area contributed by atoms with Crippen LogP contribution in [0.1, 0.15) is 43.7 Å². The third-order valence-electron chi connectivity index (χ3n) is 4.34. The third kappa shape index (κ3) is 2.71. The van der Waals surface area contributed by atoms with Gasteiger partial charge in [-0.1, -0.05) is 49.6 Å². The standard InChI is InChI=1S/C16H25N/c1-4-17(3)13-16(11-5-6-12-16)15-9-7-14(2)8-10-15/h7-10H,4-6,11-13H2,1-3H3. The van der Waals surface area contributed by atoms with E-state index in [1.54, 1.807) is 5.56 Å². The molecule has 1 fully saturated rings. The molecule has 0 amide bonds. The van der Waals surface area contributed by atoms with Crippen molar-refractivity contribution in [3.8, 4) is 0 Å². The lowest BCUT2D eigenvalue weighted by atomic mass is 9.78. The Morgan fingerprint density at radius 2 is 1.71 bits per heavy atom. The van der Waals surface area contributed by atoms with Gasteiger partial charge in [0.05, 0.1) is 0 Å². The van der Waals surface area contributed by atoms with Crippen LogP contribution in [0.15, 0.2) is 24.3 Å². The molecule has 1 nitrogen and oxygen atoms in total. The first-order chi connectivity index (χ1) is 8.16. The molecule has 0 atom stereocenters. The van der Waals surface area contributed by atoms with E-state index in [4.69, 9.17) is 0 Å². The highest BCUT2D eigenvalue weighted by Gasteiger charge is 2.36. The van der Waals surface area contributed by atoms with E-state index < -0.39 is 0 Å². The summed E-state index contributed by atoms with van der Waals surface area (Å²) in [5, 5.41) is 0. The maximum absolute atomic E-state index is 2.46. The summed E-state index contributed by atoms with van der Waals surface area (Å²) in [6.45, 7) is 6.78. The number of aryl methyl sites for hydroxylation is 1. The number of hydrogen-bond donors (Lipinski definition) is 0. The van der Waals surface area contributed by atoms with Gasteiger partial charge in [-0.25, -0.2) is 0 Å². The van der Waals surface area contributed by atoms with E-state index in [-0.39, 0.29) is 0 Å². The molecule has 1 aromatic carbocycles. The Balaban J connectivity index is 2.24. The second kappa shape index (κ2) is 5.22. The predicted octanol–water partition coefficient (Wildman–Crippen LogP) is 3.76. The molecule has 1 heteroatoms. The largest absolute Gasteiger partial charge is 0.306 e. The first kappa shape index (κ1) is 12.6. The SMILES string of the molecule is CCN(C)CC1(c2ccc(C)cc2)CCCC1. The lowest BCUT2D eigenvalue weighted by Crippen LogP contribution is -2.37. The van der Waals surface area contributed by atoms with Gasteiger partial charge in [0.25, 0.3) is 0 Å². The second-order valence-electron chi connectivity index (χ2n) is 5.68. The number of nitrogens with zero attached hydrogens (tertiary/aromatic N) is 1. The molecule has 2 rings (SSSR count). The van der Waals surface area contributed by atoms with Crippen molar-refractivity contribution in [1.82, 2.24) is 4.90 Å². The van der Waals surface area contributed by atoms with Gasteiger partial charge in [0.2, 0.25) is 0 Å². The van der Waals surface area contributed by atoms with Crippen LogP contribution in [0.4, 0.5) is 0 Å². The van der Waals surface area contributed by atoms with Gasteiger partial charge in [-0.15, -0.1) is 0 Å². The zero-order valence-corrected chi connectivity index (χ0v) is 11.5. The highest BCUT2D eigenvalue weighted by Crippen LogP contribution is 2.41. The molecule has 0 radical (unpaired) electrons. The third-order valence-corrected chi connectivity index (χ3v) is 4.34. The summed E-state index contributed by atoms with van der Waals surface area (Å²) >= 11 is 0. The van der Waals surface area contributed by atoms with E-state index in [1.165, 1.54) is 37.8 Å². The highest BCUT2D eigenvalue weighted by molar-refractivity contribution is 5.30. The van der Waals surface area contributed by atoms with E-state index >= 15 is 0 Å². The molecule has 0 heterocycles. The van der Waals surface area contributed by atoms with Crippen molar-refractivity contribution >= 4 is 0 Å². The fraction of sp³-hybridized carbons (Fsp3) is 0.625. The minimum absolute atomic E-state index is 0.429. The van der Waals surface area contributed by atoms with Gasteiger partial charge in [-0.05, 0) is 38.9 Å². The summed E-state index contributed by atoms with van der Waals surface area (Å²) in [5.41, 5.74) is 3.35. The van der Waals surface area contributed by atoms with Crippen molar-refractivity contribution in [2.45, 2.75) is 44.9 Å². The average molecular weight is 231 g/mol. The molecule has 0 aromatic heterocycles. The van der Waals surface area contributed by atoms with Crippen LogP contribution in [0.5, 0.6) is 0 Å². The normalized spacial score (nSPS) is 18.8. The van der Waals surface area contributed by atoms with Crippen LogP contribution in [-0.4, -0.2) is 25.0 Å². The van der Waals surface area contributed by atoms with Crippen molar-refractivity contribution in [2.75, 3.05) is 20.1 Å². The fourth-order valence-electron chi connectivity index (χ4n) is 3.13. The van der Waals surface area contributed by atoms with Gasteiger partial charge >= 0.3 is 0 Å². The average Bonchev–Trinajstić information content (AvgIpc) is 2.79. The van der Waals surface area contributed by atoms with Crippen LogP contribution in [0.3, 0.4) is 0 Å². The van der Waals surface area contributed by atoms with Crippen LogP contribution in [-0.2, 0) is 5.41 Å². The minimum Gasteiger partial charge on any atom is -0.306 e. The molecule has 0 aliphatic heterocycles. The Kier molecular flexibility index (Phi) is 3.88. The molecule has 1 aliphatic carbocycles. The minimum atomic E-state index is 0.429. The first-order valence-electron chi connectivity index (χ1n) is 6.92. The Labute approximate surface area is 106 Å². The van der Waals surface area contributed by atoms with Gasteiger partial charge in [-0.3, -0.25) is 0 Å². The van der Waals surface area contributed by atoms with Gasteiger partial charge in [0.15, 0.2) is 0 Å². The topological polar surface area (TPSA) is 3.24 Å². The quantitative estimate of drug-likeness (QED) is 0.762. The van der Waals surface area contributed by atoms with Crippen molar-refractivity contribution in [1.29, 1.82) is 0 Å². The summed E-state index contributed by atoms with van der Waals surface area (Å²) < 4.78 is 0. The lowest BCUT2D eigenvalue weighted by molar-refractivity contribution is 0.254. The Morgan fingerprint density at radius 1 is 1.12 bits per heavy atom. The molecule has 0 spiro atoms. The van der Waals surface area contributed by atoms with Crippen molar-refractivity contribution in [3.63, 3.8) is 0 Å². The molecule has 0 saturated heterocycles. The van der Waals surface area contributed by atoms with E-state index in [2.05, 4.69) is 50.1 Å². The predicted molar refractivity (Wildman–Crippen MR) is 74.5 cm³/mol. The second-order valence-corrected chi connectivity index (χ2v) is 5.68. The maximum atomic E-state index is 2.46. The first-order valence-corrected chi connectivity index (χ1v) is 6.92. The number of rotatable bonds is 4. The van der Waals surface area contributed by atoms with Crippen LogP contribution >= 0.6 is 0 Å². The summed E-state index contributed by atoms with van der Waals surface area (Å²) in [7, 11) is 2.24. The van der Waals surface area contributed by atoms with Crippen LogP contribution in [0.25, 0.3) is 0 Å². The smallest absolute Gasteiger partial charge is 0.00801 e. The van der Waals surface area contributed by atoms with Crippen molar-refractivity contribution in [2.24, 2.45) is 0 Å². The molecule has 0 unspecified atom stereocenters. The number of hydrogen-bond acceptors (Lipinski definition) is 1.